The number of hydrogen-bond acceptors (Lipinski definition) is 7. The van der Waals surface area contributed by atoms with Crippen LogP contribution in [0.3, 0.4) is 0 Å². The van der Waals surface area contributed by atoms with Gasteiger partial charge < -0.3 is 25.2 Å². The van der Waals surface area contributed by atoms with Crippen molar-refractivity contribution in [3.63, 3.8) is 0 Å². The van der Waals surface area contributed by atoms with Gasteiger partial charge in [-0.05, 0) is 43.4 Å². The van der Waals surface area contributed by atoms with E-state index in [2.05, 4.69) is 49.6 Å². The number of rotatable bonds is 6. The van der Waals surface area contributed by atoms with Crippen LogP contribution in [-0.2, 0) is 0 Å². The van der Waals surface area contributed by atoms with Gasteiger partial charge in [0.2, 0.25) is 5.95 Å². The minimum atomic E-state index is -0.526. The smallest absolute Gasteiger partial charge is 0.276 e. The van der Waals surface area contributed by atoms with E-state index in [9.17, 15) is 4.79 Å². The lowest BCUT2D eigenvalue weighted by molar-refractivity contribution is 0.102. The molecule has 2 heterocycles. The van der Waals surface area contributed by atoms with Crippen molar-refractivity contribution in [1.29, 1.82) is 0 Å². The number of amides is 1. The van der Waals surface area contributed by atoms with Crippen molar-refractivity contribution in [2.45, 2.75) is 0 Å². The molecule has 2 aromatic carbocycles. The summed E-state index contributed by atoms with van der Waals surface area (Å²) in [6.45, 7) is 4.09. The van der Waals surface area contributed by atoms with E-state index in [1.807, 2.05) is 12.1 Å². The Labute approximate surface area is 202 Å². The van der Waals surface area contributed by atoms with Gasteiger partial charge in [-0.2, -0.15) is 0 Å². The Hall–Kier alpha value is -3.07. The summed E-state index contributed by atoms with van der Waals surface area (Å²) in [5.74, 6) is 0.158. The number of ether oxygens (including phenoxy) is 1. The van der Waals surface area contributed by atoms with Crippen LogP contribution < -0.4 is 20.3 Å². The van der Waals surface area contributed by atoms with E-state index in [4.69, 9.17) is 27.9 Å². The molecule has 4 rings (SSSR count). The van der Waals surface area contributed by atoms with Crippen molar-refractivity contribution >= 4 is 52.1 Å². The van der Waals surface area contributed by atoms with Crippen molar-refractivity contribution < 1.29 is 9.53 Å². The van der Waals surface area contributed by atoms with Gasteiger partial charge in [-0.1, -0.05) is 29.3 Å². The van der Waals surface area contributed by atoms with Crippen LogP contribution in [0.5, 0.6) is 5.75 Å². The third kappa shape index (κ3) is 5.47. The van der Waals surface area contributed by atoms with Gasteiger partial charge in [-0.25, -0.2) is 9.97 Å². The summed E-state index contributed by atoms with van der Waals surface area (Å²) in [5, 5.41) is 6.30. The first-order chi connectivity index (χ1) is 15.9. The van der Waals surface area contributed by atoms with Crippen LogP contribution in [0.4, 0.5) is 23.0 Å². The molecule has 0 saturated carbocycles. The van der Waals surface area contributed by atoms with Crippen LogP contribution in [0.25, 0.3) is 0 Å². The molecule has 0 aliphatic carbocycles. The van der Waals surface area contributed by atoms with E-state index in [-0.39, 0.29) is 16.7 Å². The van der Waals surface area contributed by atoms with Crippen LogP contribution >= 0.6 is 23.2 Å². The van der Waals surface area contributed by atoms with Crippen molar-refractivity contribution in [1.82, 2.24) is 14.9 Å². The number of likely N-dealkylation sites (N-methyl/N-ethyl adjacent to an activating group) is 1. The highest BCUT2D eigenvalue weighted by Crippen LogP contribution is 2.32. The molecular formula is C23H24Cl2N6O2. The second kappa shape index (κ2) is 10.2. The fraction of sp³-hybridized carbons (Fsp3) is 0.261. The Kier molecular flexibility index (Phi) is 7.17. The summed E-state index contributed by atoms with van der Waals surface area (Å²) in [4.78, 5) is 26.0. The van der Waals surface area contributed by atoms with E-state index in [0.717, 1.165) is 31.9 Å². The van der Waals surface area contributed by atoms with Crippen LogP contribution in [0.1, 0.15) is 10.5 Å². The Balaban J connectivity index is 1.48. The Bertz CT molecular complexity index is 1130. The first kappa shape index (κ1) is 23.1. The van der Waals surface area contributed by atoms with Crippen LogP contribution in [0, 0.1) is 0 Å². The van der Waals surface area contributed by atoms with Crippen molar-refractivity contribution in [3.8, 4) is 5.75 Å². The molecule has 1 aliphatic heterocycles. The van der Waals surface area contributed by atoms with Gasteiger partial charge in [0, 0.05) is 37.6 Å². The van der Waals surface area contributed by atoms with Crippen LogP contribution in [0.15, 0.2) is 48.7 Å². The number of piperazine rings is 1. The molecule has 0 atom stereocenters. The molecule has 1 amide bonds. The summed E-state index contributed by atoms with van der Waals surface area (Å²) >= 11 is 12.4. The number of halogens is 2. The molecule has 0 radical (unpaired) electrons. The first-order valence-electron chi connectivity index (χ1n) is 10.4. The molecule has 0 unspecified atom stereocenters. The number of para-hydroxylation sites is 1. The van der Waals surface area contributed by atoms with Gasteiger partial charge in [0.15, 0.2) is 5.69 Å². The number of methoxy groups -OCH3 is 1. The molecule has 172 valence electrons. The average Bonchev–Trinajstić information content (AvgIpc) is 2.82. The summed E-state index contributed by atoms with van der Waals surface area (Å²) in [7, 11) is 3.63. The molecule has 3 aromatic rings. The summed E-state index contributed by atoms with van der Waals surface area (Å²) in [5.41, 5.74) is 2.33. The predicted octanol–water partition coefficient (Wildman–Crippen LogP) is 4.54. The Morgan fingerprint density at radius 3 is 2.45 bits per heavy atom. The number of carbonyl (C=O) groups excluding carboxylic acids is 1. The summed E-state index contributed by atoms with van der Waals surface area (Å²) in [6, 6.07) is 13.1. The third-order valence-electron chi connectivity index (χ3n) is 5.38. The maximum atomic E-state index is 12.9. The number of anilines is 4. The maximum Gasteiger partial charge on any atom is 0.276 e. The van der Waals surface area contributed by atoms with Gasteiger partial charge in [-0.15, -0.1) is 0 Å². The lowest BCUT2D eigenvalue weighted by Gasteiger charge is -2.34. The van der Waals surface area contributed by atoms with Gasteiger partial charge >= 0.3 is 0 Å². The molecule has 1 saturated heterocycles. The highest BCUT2D eigenvalue weighted by molar-refractivity contribution is 6.36. The zero-order chi connectivity index (χ0) is 23.4. The molecule has 0 bridgehead atoms. The number of hydrogen-bond donors (Lipinski definition) is 2. The molecule has 8 nitrogen and oxygen atoms in total. The second-order valence-corrected chi connectivity index (χ2v) is 8.44. The Morgan fingerprint density at radius 2 is 1.76 bits per heavy atom. The molecule has 1 aromatic heterocycles. The number of nitrogens with zero attached hydrogens (tertiary/aromatic N) is 4. The largest absolute Gasteiger partial charge is 0.495 e. The number of nitrogens with one attached hydrogen (secondary N) is 2. The lowest BCUT2D eigenvalue weighted by Crippen LogP contribution is -2.44. The maximum absolute atomic E-state index is 12.9. The Morgan fingerprint density at radius 1 is 1.03 bits per heavy atom. The van der Waals surface area contributed by atoms with Crippen molar-refractivity contribution in [3.05, 3.63) is 64.4 Å². The highest BCUT2D eigenvalue weighted by atomic mass is 35.5. The van der Waals surface area contributed by atoms with Crippen molar-refractivity contribution in [2.24, 2.45) is 0 Å². The molecule has 1 fully saturated rings. The van der Waals surface area contributed by atoms with Crippen LogP contribution in [-0.4, -0.2) is 61.1 Å². The van der Waals surface area contributed by atoms with Gasteiger partial charge in [-0.3, -0.25) is 4.79 Å². The van der Waals surface area contributed by atoms with E-state index in [1.54, 1.807) is 18.2 Å². The summed E-state index contributed by atoms with van der Waals surface area (Å²) in [6.07, 6.45) is 1.38. The van der Waals surface area contributed by atoms with Gasteiger partial charge in [0.25, 0.3) is 5.91 Å². The minimum Gasteiger partial charge on any atom is -0.495 e. The summed E-state index contributed by atoms with van der Waals surface area (Å²) < 4.78 is 5.27. The predicted molar refractivity (Wildman–Crippen MR) is 132 cm³/mol. The number of carbonyl (C=O) groups is 1. The van der Waals surface area contributed by atoms with Gasteiger partial charge in [0.05, 0.1) is 23.4 Å². The van der Waals surface area contributed by atoms with Crippen molar-refractivity contribution in [2.75, 3.05) is 55.9 Å². The number of benzene rings is 2. The zero-order valence-corrected chi connectivity index (χ0v) is 19.8. The average molecular weight is 487 g/mol. The molecule has 33 heavy (non-hydrogen) atoms. The van der Waals surface area contributed by atoms with E-state index in [1.165, 1.54) is 19.0 Å². The second-order valence-electron chi connectivity index (χ2n) is 7.62. The lowest BCUT2D eigenvalue weighted by atomic mass is 10.2. The molecular weight excluding hydrogens is 463 g/mol. The highest BCUT2D eigenvalue weighted by Gasteiger charge is 2.18. The molecule has 0 spiro atoms. The third-order valence-corrected chi connectivity index (χ3v) is 5.98. The minimum absolute atomic E-state index is 0.0187. The normalized spacial score (nSPS) is 14.1. The standard InChI is InChI=1S/C23H24Cl2N6O2/c1-30-10-12-31(13-11-30)16-8-6-15(7-9-16)27-23-26-14-18(25)21(29-23)22(32)28-20-17(24)4-3-5-19(20)33-2/h3-9,14H,10-13H2,1-2H3,(H,28,32)(H,26,27,29). The molecule has 1 aliphatic rings. The molecule has 2 N–H and O–H groups in total. The SMILES string of the molecule is COc1cccc(Cl)c1NC(=O)c1nc(Nc2ccc(N3CCN(C)CC3)cc2)ncc1Cl. The van der Waals surface area contributed by atoms with E-state index in [0.29, 0.717) is 16.5 Å². The van der Waals surface area contributed by atoms with E-state index >= 15 is 0 Å². The number of aromatic nitrogens is 2. The first-order valence-corrected chi connectivity index (χ1v) is 11.2. The topological polar surface area (TPSA) is 82.6 Å². The van der Waals surface area contributed by atoms with Gasteiger partial charge in [0.1, 0.15) is 11.4 Å². The quantitative estimate of drug-likeness (QED) is 0.528. The fourth-order valence-corrected chi connectivity index (χ4v) is 3.89. The zero-order valence-electron chi connectivity index (χ0n) is 18.3. The van der Waals surface area contributed by atoms with E-state index < -0.39 is 5.91 Å². The fourth-order valence-electron chi connectivity index (χ4n) is 3.50. The monoisotopic (exact) mass is 486 g/mol. The molecule has 10 heteroatoms. The van der Waals surface area contributed by atoms with Crippen LogP contribution in [0.2, 0.25) is 10.0 Å².